The predicted octanol–water partition coefficient (Wildman–Crippen LogP) is 3.74. The maximum Gasteiger partial charge on any atom is 0.387 e. The number of para-hydroxylation sites is 1. The van der Waals surface area contributed by atoms with Crippen molar-refractivity contribution in [2.45, 2.75) is 13.5 Å². The van der Waals surface area contributed by atoms with Crippen molar-refractivity contribution in [1.29, 1.82) is 0 Å². The molecule has 0 bridgehead atoms. The third-order valence-electron chi connectivity index (χ3n) is 2.87. The van der Waals surface area contributed by atoms with Crippen LogP contribution in [0.15, 0.2) is 48.5 Å². The van der Waals surface area contributed by atoms with Crippen LogP contribution in [0.5, 0.6) is 5.75 Å². The first-order valence-corrected chi connectivity index (χ1v) is 6.43. The largest absolute Gasteiger partial charge is 0.434 e. The van der Waals surface area contributed by atoms with E-state index in [9.17, 15) is 18.4 Å². The van der Waals surface area contributed by atoms with Crippen LogP contribution < -0.4 is 10.1 Å². The lowest BCUT2D eigenvalue weighted by atomic mass is 10.1. The Morgan fingerprint density at radius 2 is 1.82 bits per heavy atom. The number of hydrogen-bond acceptors (Lipinski definition) is 3. The predicted molar refractivity (Wildman–Crippen MR) is 77.5 cm³/mol. The molecule has 2 aromatic carbocycles. The van der Waals surface area contributed by atoms with Gasteiger partial charge in [-0.25, -0.2) is 0 Å². The molecule has 4 nitrogen and oxygen atoms in total. The van der Waals surface area contributed by atoms with Gasteiger partial charge in [0, 0.05) is 11.3 Å². The number of ether oxygens (including phenoxy) is 1. The summed E-state index contributed by atoms with van der Waals surface area (Å²) in [5.41, 5.74) is 0.815. The summed E-state index contributed by atoms with van der Waals surface area (Å²) in [7, 11) is 0. The Labute approximate surface area is 125 Å². The zero-order valence-electron chi connectivity index (χ0n) is 11.7. The molecule has 2 aromatic rings. The summed E-state index contributed by atoms with van der Waals surface area (Å²) in [6.45, 7) is -1.61. The van der Waals surface area contributed by atoms with Gasteiger partial charge in [-0.3, -0.25) is 9.59 Å². The highest BCUT2D eigenvalue weighted by molar-refractivity contribution is 6.06. The fourth-order valence-electron chi connectivity index (χ4n) is 1.87. The Morgan fingerprint density at radius 3 is 2.50 bits per heavy atom. The number of Topliss-reactive ketones (excluding diaryl/α,β-unsaturated/α-hetero) is 1. The summed E-state index contributed by atoms with van der Waals surface area (Å²) in [6, 6.07) is 12.0. The molecule has 0 atom stereocenters. The van der Waals surface area contributed by atoms with E-state index in [2.05, 4.69) is 10.1 Å². The fourth-order valence-corrected chi connectivity index (χ4v) is 1.87. The van der Waals surface area contributed by atoms with E-state index in [0.29, 0.717) is 11.3 Å². The molecule has 0 radical (unpaired) electrons. The van der Waals surface area contributed by atoms with Crippen molar-refractivity contribution in [3.8, 4) is 5.75 Å². The number of ketones is 1. The summed E-state index contributed by atoms with van der Waals surface area (Å²) in [5, 5.41) is 2.55. The van der Waals surface area contributed by atoms with Crippen molar-refractivity contribution in [1.82, 2.24) is 0 Å². The number of anilines is 1. The van der Waals surface area contributed by atoms with E-state index in [1.54, 1.807) is 24.3 Å². The van der Waals surface area contributed by atoms with Crippen LogP contribution in [0.2, 0.25) is 0 Å². The summed E-state index contributed by atoms with van der Waals surface area (Å²) in [4.78, 5) is 23.5. The number of halogens is 2. The molecule has 0 aromatic heterocycles. The first-order chi connectivity index (χ1) is 10.5. The molecule has 0 heterocycles. The van der Waals surface area contributed by atoms with Gasteiger partial charge >= 0.3 is 6.61 Å². The number of carbonyl (C=O) groups is 2. The molecule has 0 saturated carbocycles. The van der Waals surface area contributed by atoms with Crippen LogP contribution in [0.4, 0.5) is 14.5 Å². The van der Waals surface area contributed by atoms with Gasteiger partial charge in [0.1, 0.15) is 5.75 Å². The van der Waals surface area contributed by atoms with Gasteiger partial charge in [-0.2, -0.15) is 8.78 Å². The van der Waals surface area contributed by atoms with Crippen molar-refractivity contribution in [2.75, 3.05) is 5.32 Å². The molecule has 0 aliphatic rings. The van der Waals surface area contributed by atoms with Gasteiger partial charge < -0.3 is 10.1 Å². The Balaban J connectivity index is 2.22. The second-order valence-electron chi connectivity index (χ2n) is 4.47. The minimum atomic E-state index is -3.02. The van der Waals surface area contributed by atoms with Crippen molar-refractivity contribution < 1.29 is 23.1 Å². The molecule has 0 saturated heterocycles. The maximum absolute atomic E-state index is 12.3. The molecular formula is C16H13F2NO3. The van der Waals surface area contributed by atoms with Crippen LogP contribution >= 0.6 is 0 Å². The second-order valence-corrected chi connectivity index (χ2v) is 4.47. The molecule has 114 valence electrons. The van der Waals surface area contributed by atoms with Crippen molar-refractivity contribution >= 4 is 17.4 Å². The molecule has 0 unspecified atom stereocenters. The number of carbonyl (C=O) groups excluding carboxylic acids is 2. The number of benzene rings is 2. The molecule has 22 heavy (non-hydrogen) atoms. The quantitative estimate of drug-likeness (QED) is 0.856. The topological polar surface area (TPSA) is 55.4 Å². The third kappa shape index (κ3) is 3.88. The lowest BCUT2D eigenvalue weighted by Crippen LogP contribution is -2.15. The Morgan fingerprint density at radius 1 is 1.09 bits per heavy atom. The van der Waals surface area contributed by atoms with Crippen LogP contribution in [0.1, 0.15) is 27.6 Å². The van der Waals surface area contributed by atoms with Crippen molar-refractivity contribution in [3.05, 3.63) is 59.7 Å². The zero-order valence-corrected chi connectivity index (χ0v) is 11.7. The van der Waals surface area contributed by atoms with E-state index >= 15 is 0 Å². The lowest BCUT2D eigenvalue weighted by Gasteiger charge is -2.11. The molecular weight excluding hydrogens is 292 g/mol. The van der Waals surface area contributed by atoms with Crippen LogP contribution in [-0.4, -0.2) is 18.3 Å². The first-order valence-electron chi connectivity index (χ1n) is 6.43. The van der Waals surface area contributed by atoms with E-state index in [0.717, 1.165) is 0 Å². The van der Waals surface area contributed by atoms with E-state index < -0.39 is 12.5 Å². The molecule has 0 spiro atoms. The number of rotatable bonds is 5. The molecule has 1 N–H and O–H groups in total. The summed E-state index contributed by atoms with van der Waals surface area (Å²) < 4.78 is 29.0. The number of hydrogen-bond donors (Lipinski definition) is 1. The monoisotopic (exact) mass is 305 g/mol. The minimum Gasteiger partial charge on any atom is -0.434 e. The number of nitrogens with one attached hydrogen (secondary N) is 1. The third-order valence-corrected chi connectivity index (χ3v) is 2.87. The van der Waals surface area contributed by atoms with Crippen LogP contribution in [0.25, 0.3) is 0 Å². The highest BCUT2D eigenvalue weighted by Crippen LogP contribution is 2.22. The lowest BCUT2D eigenvalue weighted by molar-refractivity contribution is -0.0501. The average molecular weight is 305 g/mol. The minimum absolute atomic E-state index is 0.0176. The Hall–Kier alpha value is -2.76. The molecule has 6 heteroatoms. The number of amides is 1. The Kier molecular flexibility index (Phi) is 4.83. The van der Waals surface area contributed by atoms with Gasteiger partial charge in [-0.1, -0.05) is 24.3 Å². The van der Waals surface area contributed by atoms with Gasteiger partial charge in [0.15, 0.2) is 5.78 Å². The summed E-state index contributed by atoms with van der Waals surface area (Å²) >= 11 is 0. The zero-order chi connectivity index (χ0) is 16.1. The van der Waals surface area contributed by atoms with Gasteiger partial charge in [0.05, 0.1) is 5.56 Å². The average Bonchev–Trinajstić information content (AvgIpc) is 2.47. The second kappa shape index (κ2) is 6.80. The molecule has 0 fully saturated rings. The van der Waals surface area contributed by atoms with Crippen molar-refractivity contribution in [2.24, 2.45) is 0 Å². The van der Waals surface area contributed by atoms with Crippen LogP contribution in [-0.2, 0) is 0 Å². The summed E-state index contributed by atoms with van der Waals surface area (Å²) in [5.74, 6) is -0.952. The van der Waals surface area contributed by atoms with Gasteiger partial charge in [0.25, 0.3) is 5.91 Å². The van der Waals surface area contributed by atoms with Gasteiger partial charge in [-0.15, -0.1) is 0 Å². The Bertz CT molecular complexity index is 701. The van der Waals surface area contributed by atoms with E-state index in [1.807, 2.05) is 0 Å². The molecule has 0 aliphatic heterocycles. The molecule has 1 amide bonds. The highest BCUT2D eigenvalue weighted by Gasteiger charge is 2.15. The van der Waals surface area contributed by atoms with E-state index in [-0.39, 0.29) is 17.1 Å². The molecule has 2 rings (SSSR count). The SMILES string of the molecule is CC(=O)c1cccc(NC(=O)c2ccccc2OC(F)F)c1. The molecule has 0 aliphatic carbocycles. The van der Waals surface area contributed by atoms with Gasteiger partial charge in [-0.05, 0) is 31.2 Å². The highest BCUT2D eigenvalue weighted by atomic mass is 19.3. The maximum atomic E-state index is 12.3. The van der Waals surface area contributed by atoms with Crippen LogP contribution in [0, 0.1) is 0 Å². The van der Waals surface area contributed by atoms with E-state index in [4.69, 9.17) is 0 Å². The van der Waals surface area contributed by atoms with Gasteiger partial charge in [0.2, 0.25) is 0 Å². The van der Waals surface area contributed by atoms with Crippen LogP contribution in [0.3, 0.4) is 0 Å². The normalized spacial score (nSPS) is 10.4. The number of alkyl halides is 2. The van der Waals surface area contributed by atoms with Crippen molar-refractivity contribution in [3.63, 3.8) is 0 Å². The summed E-state index contributed by atoms with van der Waals surface area (Å²) in [6.07, 6.45) is 0. The van der Waals surface area contributed by atoms with E-state index in [1.165, 1.54) is 31.2 Å². The first kappa shape index (κ1) is 15.6. The standard InChI is InChI=1S/C16H13F2NO3/c1-10(20)11-5-4-6-12(9-11)19-15(21)13-7-2-3-8-14(13)22-16(17)18/h2-9,16H,1H3,(H,19,21). The fraction of sp³-hybridized carbons (Fsp3) is 0.125. The smallest absolute Gasteiger partial charge is 0.387 e.